The van der Waals surface area contributed by atoms with Gasteiger partial charge in [0.25, 0.3) is 0 Å². The van der Waals surface area contributed by atoms with Crippen LogP contribution in [0.5, 0.6) is 0 Å². The summed E-state index contributed by atoms with van der Waals surface area (Å²) in [6, 6.07) is 12.4. The second-order valence-electron chi connectivity index (χ2n) is 7.17. The van der Waals surface area contributed by atoms with Gasteiger partial charge in [-0.1, -0.05) is 36.8 Å². The molecule has 2 heterocycles. The Morgan fingerprint density at radius 3 is 3.00 bits per heavy atom. The molecule has 1 saturated carbocycles. The van der Waals surface area contributed by atoms with Gasteiger partial charge in [0.15, 0.2) is 0 Å². The number of hydrogen-bond acceptors (Lipinski definition) is 3. The Hall–Kier alpha value is -2.14. The third-order valence-corrected chi connectivity index (χ3v) is 5.64. The number of amides is 1. The summed E-state index contributed by atoms with van der Waals surface area (Å²) >= 11 is 0. The highest BCUT2D eigenvalue weighted by Crippen LogP contribution is 2.49. The summed E-state index contributed by atoms with van der Waals surface area (Å²) in [5.74, 6) is 0.707. The smallest absolute Gasteiger partial charge is 0.228 e. The van der Waals surface area contributed by atoms with Crippen molar-refractivity contribution in [2.24, 2.45) is 11.3 Å². The summed E-state index contributed by atoms with van der Waals surface area (Å²) in [5.41, 5.74) is 2.08. The van der Waals surface area contributed by atoms with Gasteiger partial charge in [0.2, 0.25) is 5.91 Å². The summed E-state index contributed by atoms with van der Waals surface area (Å²) in [6.07, 6.45) is 5.07. The Morgan fingerprint density at radius 1 is 1.33 bits per heavy atom. The van der Waals surface area contributed by atoms with Crippen molar-refractivity contribution in [2.45, 2.75) is 32.4 Å². The van der Waals surface area contributed by atoms with Crippen molar-refractivity contribution in [3.63, 3.8) is 0 Å². The molecule has 1 saturated heterocycles. The average Bonchev–Trinajstić information content (AvgIpc) is 3.29. The molecule has 126 valence electrons. The zero-order valence-corrected chi connectivity index (χ0v) is 13.9. The fraction of sp³-hybridized carbons (Fsp3) is 0.474. The first kappa shape index (κ1) is 15.4. The number of carbonyl (C=O) groups is 1. The molecule has 2 aromatic rings. The van der Waals surface area contributed by atoms with E-state index in [0.717, 1.165) is 31.7 Å². The van der Waals surface area contributed by atoms with E-state index in [-0.39, 0.29) is 11.3 Å². The third kappa shape index (κ3) is 2.84. The van der Waals surface area contributed by atoms with Crippen LogP contribution in [0, 0.1) is 11.3 Å². The Balaban J connectivity index is 1.43. The van der Waals surface area contributed by atoms with E-state index in [4.69, 9.17) is 0 Å². The van der Waals surface area contributed by atoms with Crippen LogP contribution in [0.15, 0.2) is 42.6 Å². The molecule has 5 nitrogen and oxygen atoms in total. The Labute approximate surface area is 142 Å². The monoisotopic (exact) mass is 324 g/mol. The second-order valence-corrected chi connectivity index (χ2v) is 7.17. The van der Waals surface area contributed by atoms with Crippen molar-refractivity contribution < 1.29 is 4.79 Å². The number of nitrogens with one attached hydrogen (secondary N) is 2. The van der Waals surface area contributed by atoms with Crippen LogP contribution < -0.4 is 5.32 Å². The molecule has 1 aromatic heterocycles. The van der Waals surface area contributed by atoms with Gasteiger partial charge in [-0.25, -0.2) is 0 Å². The van der Waals surface area contributed by atoms with Gasteiger partial charge < -0.3 is 5.32 Å². The largest absolute Gasteiger partial charge is 0.350 e. The number of rotatable bonds is 5. The van der Waals surface area contributed by atoms with Crippen LogP contribution in [0.2, 0.25) is 0 Å². The lowest BCUT2D eigenvalue weighted by atomic mass is 9.80. The summed E-state index contributed by atoms with van der Waals surface area (Å²) in [5, 5.41) is 9.98. The molecule has 0 bridgehead atoms. The van der Waals surface area contributed by atoms with Gasteiger partial charge in [0.05, 0.1) is 17.7 Å². The molecule has 24 heavy (non-hydrogen) atoms. The molecule has 5 heteroatoms. The molecule has 0 radical (unpaired) electrons. The zero-order valence-electron chi connectivity index (χ0n) is 13.9. The highest BCUT2D eigenvalue weighted by Gasteiger charge is 2.54. The molecule has 1 aliphatic carbocycles. The highest BCUT2D eigenvalue weighted by atomic mass is 16.2. The van der Waals surface area contributed by atoms with Gasteiger partial charge >= 0.3 is 0 Å². The van der Waals surface area contributed by atoms with Crippen LogP contribution in [0.1, 0.15) is 30.5 Å². The lowest BCUT2D eigenvalue weighted by Gasteiger charge is -2.27. The predicted molar refractivity (Wildman–Crippen MR) is 91.9 cm³/mol. The van der Waals surface area contributed by atoms with Gasteiger partial charge in [0.1, 0.15) is 0 Å². The molecular formula is C19H24N4O. The van der Waals surface area contributed by atoms with Crippen LogP contribution in [-0.4, -0.2) is 34.1 Å². The molecule has 2 fully saturated rings. The molecular weight excluding hydrogens is 300 g/mol. The van der Waals surface area contributed by atoms with Crippen LogP contribution >= 0.6 is 0 Å². The van der Waals surface area contributed by atoms with Gasteiger partial charge in [0, 0.05) is 25.8 Å². The van der Waals surface area contributed by atoms with E-state index < -0.39 is 0 Å². The van der Waals surface area contributed by atoms with Crippen LogP contribution in [0.3, 0.4) is 0 Å². The normalized spacial score (nSPS) is 26.4. The minimum atomic E-state index is -0.200. The number of nitrogens with zero attached hydrogens (tertiary/aromatic N) is 2. The fourth-order valence-corrected chi connectivity index (χ4v) is 4.46. The van der Waals surface area contributed by atoms with Crippen molar-refractivity contribution in [3.8, 4) is 0 Å². The number of aromatic nitrogens is 2. The molecule has 1 aromatic carbocycles. The number of benzene rings is 1. The SMILES string of the molecule is O=C(NCc1ccn[nH]1)[C@@]12CCC[C@@H]1CN(Cc1ccccc1)C2. The topological polar surface area (TPSA) is 61.0 Å². The van der Waals surface area contributed by atoms with E-state index in [9.17, 15) is 4.79 Å². The maximum absolute atomic E-state index is 13.0. The quantitative estimate of drug-likeness (QED) is 0.887. The Bertz CT molecular complexity index is 685. The molecule has 2 atom stereocenters. The molecule has 2 N–H and O–H groups in total. The number of carbonyl (C=O) groups excluding carboxylic acids is 1. The standard InChI is InChI=1S/C19H24N4O/c24-18(20-11-17-8-10-21-22-17)19-9-4-7-16(19)13-23(14-19)12-15-5-2-1-3-6-15/h1-3,5-6,8,10,16H,4,7,9,11-14H2,(H,20,24)(H,21,22)/t16-,19-/m1/s1. The average molecular weight is 324 g/mol. The van der Waals surface area contributed by atoms with Crippen molar-refractivity contribution in [1.29, 1.82) is 0 Å². The first-order valence-electron chi connectivity index (χ1n) is 8.79. The molecule has 4 rings (SSSR count). The van der Waals surface area contributed by atoms with Crippen molar-refractivity contribution >= 4 is 5.91 Å². The Morgan fingerprint density at radius 2 is 2.21 bits per heavy atom. The van der Waals surface area contributed by atoms with E-state index in [0.29, 0.717) is 12.5 Å². The third-order valence-electron chi connectivity index (χ3n) is 5.64. The Kier molecular flexibility index (Phi) is 4.10. The lowest BCUT2D eigenvalue weighted by molar-refractivity contribution is -0.131. The molecule has 1 aliphatic heterocycles. The fourth-order valence-electron chi connectivity index (χ4n) is 4.46. The molecule has 2 aliphatic rings. The van der Waals surface area contributed by atoms with E-state index in [1.54, 1.807) is 6.20 Å². The van der Waals surface area contributed by atoms with E-state index in [2.05, 4.69) is 44.7 Å². The minimum Gasteiger partial charge on any atom is -0.350 e. The maximum Gasteiger partial charge on any atom is 0.228 e. The number of H-pyrrole nitrogens is 1. The highest BCUT2D eigenvalue weighted by molar-refractivity contribution is 5.84. The van der Waals surface area contributed by atoms with E-state index >= 15 is 0 Å². The molecule has 0 spiro atoms. The van der Waals surface area contributed by atoms with E-state index in [1.165, 1.54) is 18.4 Å². The molecule has 0 unspecified atom stereocenters. The number of hydrogen-bond donors (Lipinski definition) is 2. The van der Waals surface area contributed by atoms with Gasteiger partial charge in [-0.15, -0.1) is 0 Å². The summed E-state index contributed by atoms with van der Waals surface area (Å²) in [4.78, 5) is 15.4. The first-order valence-corrected chi connectivity index (χ1v) is 8.79. The van der Waals surface area contributed by atoms with Gasteiger partial charge in [-0.3, -0.25) is 14.8 Å². The predicted octanol–water partition coefficient (Wildman–Crippen LogP) is 2.33. The van der Waals surface area contributed by atoms with Crippen molar-refractivity contribution in [1.82, 2.24) is 20.4 Å². The van der Waals surface area contributed by atoms with Gasteiger partial charge in [-0.2, -0.15) is 5.10 Å². The summed E-state index contributed by atoms with van der Waals surface area (Å²) in [6.45, 7) is 3.38. The summed E-state index contributed by atoms with van der Waals surface area (Å²) in [7, 11) is 0. The van der Waals surface area contributed by atoms with Crippen molar-refractivity contribution in [3.05, 3.63) is 53.9 Å². The zero-order chi connectivity index (χ0) is 16.4. The number of aromatic amines is 1. The van der Waals surface area contributed by atoms with Gasteiger partial charge in [-0.05, 0) is 30.4 Å². The second kappa shape index (κ2) is 6.40. The summed E-state index contributed by atoms with van der Waals surface area (Å²) < 4.78 is 0. The maximum atomic E-state index is 13.0. The lowest BCUT2D eigenvalue weighted by Crippen LogP contribution is -2.44. The van der Waals surface area contributed by atoms with Crippen molar-refractivity contribution in [2.75, 3.05) is 13.1 Å². The van der Waals surface area contributed by atoms with Crippen LogP contribution in [0.4, 0.5) is 0 Å². The first-order chi connectivity index (χ1) is 11.8. The molecule has 1 amide bonds. The minimum absolute atomic E-state index is 0.200. The van der Waals surface area contributed by atoms with Crippen LogP contribution in [0.25, 0.3) is 0 Å². The van der Waals surface area contributed by atoms with E-state index in [1.807, 2.05) is 12.1 Å². The van der Waals surface area contributed by atoms with Crippen LogP contribution in [-0.2, 0) is 17.9 Å². The number of likely N-dealkylation sites (tertiary alicyclic amines) is 1. The number of fused-ring (bicyclic) bond motifs is 1.